The molecule has 10 heteroatoms. The van der Waals surface area contributed by atoms with Crippen molar-refractivity contribution in [2.45, 2.75) is 19.5 Å². The molecule has 0 aliphatic rings. The predicted molar refractivity (Wildman–Crippen MR) is 69.8 cm³/mol. The van der Waals surface area contributed by atoms with Crippen molar-refractivity contribution in [1.29, 1.82) is 0 Å². The van der Waals surface area contributed by atoms with Crippen LogP contribution in [0.5, 0.6) is 0 Å². The summed E-state index contributed by atoms with van der Waals surface area (Å²) < 4.78 is 43.2. The average molecular weight is 326 g/mol. The van der Waals surface area contributed by atoms with Crippen LogP contribution in [0, 0.1) is 0 Å². The third kappa shape index (κ3) is 2.51. The van der Waals surface area contributed by atoms with Crippen molar-refractivity contribution in [2.75, 3.05) is 0 Å². The summed E-state index contributed by atoms with van der Waals surface area (Å²) in [6.07, 6.45) is -2.79. The SMILES string of the molecule is CCc1c(C(=O)O)nc2cc(-c3noc(C(F)(F)F)n3)ccn12. The van der Waals surface area contributed by atoms with Crippen molar-refractivity contribution >= 4 is 11.6 Å². The lowest BCUT2D eigenvalue weighted by Gasteiger charge is -2.00. The summed E-state index contributed by atoms with van der Waals surface area (Å²) in [5.74, 6) is -2.88. The minimum atomic E-state index is -4.73. The number of nitrogens with zero attached hydrogens (tertiary/aromatic N) is 4. The molecule has 120 valence electrons. The first-order valence-electron chi connectivity index (χ1n) is 6.46. The van der Waals surface area contributed by atoms with Gasteiger partial charge in [0.25, 0.3) is 0 Å². The number of halogens is 3. The standard InChI is InChI=1S/C13H9F3N4O3/c1-2-7-9(11(21)22)17-8-5-6(3-4-20(7)8)10-18-12(23-19-10)13(14,15)16/h3-5H,2H2,1H3,(H,21,22). The van der Waals surface area contributed by atoms with Gasteiger partial charge in [-0.3, -0.25) is 0 Å². The Labute approximate surface area is 126 Å². The van der Waals surface area contributed by atoms with Crippen molar-refractivity contribution in [2.24, 2.45) is 0 Å². The van der Waals surface area contributed by atoms with Gasteiger partial charge >= 0.3 is 18.0 Å². The van der Waals surface area contributed by atoms with E-state index in [2.05, 4.69) is 19.6 Å². The van der Waals surface area contributed by atoms with Gasteiger partial charge in [0, 0.05) is 11.8 Å². The average Bonchev–Trinajstić information content (AvgIpc) is 3.10. The Balaban J connectivity index is 2.10. The molecule has 3 heterocycles. The van der Waals surface area contributed by atoms with Gasteiger partial charge < -0.3 is 14.0 Å². The molecule has 0 aromatic carbocycles. The number of carboxylic acids is 1. The van der Waals surface area contributed by atoms with Gasteiger partial charge in [0.15, 0.2) is 5.69 Å². The normalized spacial score (nSPS) is 12.0. The molecule has 0 spiro atoms. The third-order valence-corrected chi connectivity index (χ3v) is 3.19. The number of fused-ring (bicyclic) bond motifs is 1. The Kier molecular flexibility index (Phi) is 3.31. The van der Waals surface area contributed by atoms with Crippen molar-refractivity contribution in [3.05, 3.63) is 35.6 Å². The molecular formula is C13H9F3N4O3. The fraction of sp³-hybridized carbons (Fsp3) is 0.231. The number of aryl methyl sites for hydroxylation is 1. The van der Waals surface area contributed by atoms with E-state index in [1.54, 1.807) is 11.3 Å². The number of carbonyl (C=O) groups is 1. The van der Waals surface area contributed by atoms with E-state index in [1.165, 1.54) is 18.3 Å². The number of alkyl halides is 3. The number of carboxylic acid groups (broad SMARTS) is 1. The minimum absolute atomic E-state index is 0.103. The molecule has 0 aliphatic heterocycles. The first-order chi connectivity index (χ1) is 10.8. The molecule has 7 nitrogen and oxygen atoms in total. The first kappa shape index (κ1) is 15.0. The van der Waals surface area contributed by atoms with Crippen LogP contribution in [0.2, 0.25) is 0 Å². The molecule has 3 rings (SSSR count). The molecule has 3 aromatic rings. The highest BCUT2D eigenvalue weighted by atomic mass is 19.4. The molecule has 0 amide bonds. The van der Waals surface area contributed by atoms with Crippen LogP contribution in [-0.4, -0.2) is 30.6 Å². The molecule has 0 aliphatic carbocycles. The van der Waals surface area contributed by atoms with Crippen LogP contribution in [0.25, 0.3) is 17.0 Å². The van der Waals surface area contributed by atoms with Gasteiger partial charge in [0.1, 0.15) is 5.65 Å². The minimum Gasteiger partial charge on any atom is -0.476 e. The van der Waals surface area contributed by atoms with E-state index in [0.717, 1.165) is 0 Å². The Morgan fingerprint density at radius 1 is 1.39 bits per heavy atom. The van der Waals surface area contributed by atoms with Gasteiger partial charge in [0.05, 0.1) is 5.69 Å². The summed E-state index contributed by atoms with van der Waals surface area (Å²) in [6.45, 7) is 1.78. The van der Waals surface area contributed by atoms with E-state index in [-0.39, 0.29) is 22.7 Å². The molecule has 0 unspecified atom stereocenters. The Morgan fingerprint density at radius 2 is 2.13 bits per heavy atom. The van der Waals surface area contributed by atoms with Crippen LogP contribution in [0.3, 0.4) is 0 Å². The molecular weight excluding hydrogens is 317 g/mol. The summed E-state index contributed by atoms with van der Waals surface area (Å²) in [5.41, 5.74) is 0.897. The van der Waals surface area contributed by atoms with Gasteiger partial charge in [0.2, 0.25) is 5.82 Å². The summed E-state index contributed by atoms with van der Waals surface area (Å²) in [5, 5.41) is 12.4. The van der Waals surface area contributed by atoms with Crippen LogP contribution in [-0.2, 0) is 12.6 Å². The largest absolute Gasteiger partial charge is 0.476 e. The Morgan fingerprint density at radius 3 is 2.70 bits per heavy atom. The van der Waals surface area contributed by atoms with E-state index in [4.69, 9.17) is 5.11 Å². The summed E-state index contributed by atoms with van der Waals surface area (Å²) in [4.78, 5) is 18.4. The maximum absolute atomic E-state index is 12.5. The van der Waals surface area contributed by atoms with Gasteiger partial charge in [-0.15, -0.1) is 0 Å². The highest BCUT2D eigenvalue weighted by molar-refractivity contribution is 5.88. The van der Waals surface area contributed by atoms with Gasteiger partial charge in [-0.1, -0.05) is 12.1 Å². The number of aromatic carboxylic acids is 1. The number of hydrogen-bond acceptors (Lipinski definition) is 5. The smallest absolute Gasteiger partial charge is 0.471 e. The first-order valence-corrected chi connectivity index (χ1v) is 6.46. The number of aromatic nitrogens is 4. The van der Waals surface area contributed by atoms with E-state index in [1.807, 2.05) is 0 Å². The van der Waals surface area contributed by atoms with Crippen molar-refractivity contribution < 1.29 is 27.6 Å². The Bertz CT molecular complexity index is 898. The number of rotatable bonds is 3. The molecule has 3 aromatic heterocycles. The monoisotopic (exact) mass is 326 g/mol. The molecule has 0 bridgehead atoms. The molecule has 0 fully saturated rings. The van der Waals surface area contributed by atoms with E-state index in [9.17, 15) is 18.0 Å². The predicted octanol–water partition coefficient (Wildman–Crippen LogP) is 2.66. The van der Waals surface area contributed by atoms with Crippen LogP contribution in [0.1, 0.15) is 29.0 Å². The topological polar surface area (TPSA) is 93.5 Å². The number of pyridine rings is 1. The van der Waals surface area contributed by atoms with Gasteiger partial charge in [-0.2, -0.15) is 18.2 Å². The van der Waals surface area contributed by atoms with E-state index >= 15 is 0 Å². The second-order valence-electron chi connectivity index (χ2n) is 4.63. The lowest BCUT2D eigenvalue weighted by molar-refractivity contribution is -0.159. The molecule has 23 heavy (non-hydrogen) atoms. The van der Waals surface area contributed by atoms with Crippen molar-refractivity contribution in [3.63, 3.8) is 0 Å². The van der Waals surface area contributed by atoms with Crippen molar-refractivity contribution in [1.82, 2.24) is 19.5 Å². The summed E-state index contributed by atoms with van der Waals surface area (Å²) >= 11 is 0. The zero-order chi connectivity index (χ0) is 16.8. The lowest BCUT2D eigenvalue weighted by atomic mass is 10.2. The molecule has 0 atom stereocenters. The van der Waals surface area contributed by atoms with Crippen LogP contribution in [0.15, 0.2) is 22.9 Å². The lowest BCUT2D eigenvalue weighted by Crippen LogP contribution is -2.04. The zero-order valence-electron chi connectivity index (χ0n) is 11.6. The summed E-state index contributed by atoms with van der Waals surface area (Å²) in [7, 11) is 0. The fourth-order valence-electron chi connectivity index (χ4n) is 2.20. The second kappa shape index (κ2) is 5.07. The molecule has 0 radical (unpaired) electrons. The summed E-state index contributed by atoms with van der Waals surface area (Å²) in [6, 6.07) is 2.86. The van der Waals surface area contributed by atoms with Crippen molar-refractivity contribution in [3.8, 4) is 11.4 Å². The van der Waals surface area contributed by atoms with E-state index in [0.29, 0.717) is 12.1 Å². The quantitative estimate of drug-likeness (QED) is 0.795. The fourth-order valence-corrected chi connectivity index (χ4v) is 2.20. The molecule has 0 saturated carbocycles. The van der Waals surface area contributed by atoms with Gasteiger partial charge in [-0.25, -0.2) is 9.78 Å². The Hall–Kier alpha value is -2.91. The van der Waals surface area contributed by atoms with Crippen LogP contribution >= 0.6 is 0 Å². The number of imidazole rings is 1. The molecule has 1 N–H and O–H groups in total. The molecule has 0 saturated heterocycles. The second-order valence-corrected chi connectivity index (χ2v) is 4.63. The maximum Gasteiger partial charge on any atom is 0.471 e. The van der Waals surface area contributed by atoms with Gasteiger partial charge in [-0.05, 0) is 18.6 Å². The third-order valence-electron chi connectivity index (χ3n) is 3.19. The number of hydrogen-bond donors (Lipinski definition) is 1. The zero-order valence-corrected chi connectivity index (χ0v) is 11.6. The maximum atomic E-state index is 12.5. The van der Waals surface area contributed by atoms with E-state index < -0.39 is 18.0 Å². The van der Waals surface area contributed by atoms with Crippen LogP contribution in [0.4, 0.5) is 13.2 Å². The van der Waals surface area contributed by atoms with Crippen LogP contribution < -0.4 is 0 Å². The highest BCUT2D eigenvalue weighted by Gasteiger charge is 2.38. The highest BCUT2D eigenvalue weighted by Crippen LogP contribution is 2.29.